The Morgan fingerprint density at radius 1 is 1.31 bits per heavy atom. The van der Waals surface area contributed by atoms with Crippen LogP contribution in [0.3, 0.4) is 0 Å². The lowest BCUT2D eigenvalue weighted by molar-refractivity contribution is 0.189. The molecule has 5 rings (SSSR count). The Hall–Kier alpha value is -2.10. The Morgan fingerprint density at radius 2 is 2.15 bits per heavy atom. The fourth-order valence-corrected chi connectivity index (χ4v) is 4.45. The maximum atomic E-state index is 12.4. The van der Waals surface area contributed by atoms with E-state index in [-0.39, 0.29) is 5.56 Å². The van der Waals surface area contributed by atoms with Gasteiger partial charge in [0.1, 0.15) is 5.01 Å². The van der Waals surface area contributed by atoms with E-state index in [9.17, 15) is 9.90 Å². The number of aliphatic hydroxyl groups is 1. The van der Waals surface area contributed by atoms with Crippen LogP contribution in [-0.2, 0) is 19.6 Å². The van der Waals surface area contributed by atoms with Crippen LogP contribution in [0.15, 0.2) is 16.9 Å². The second-order valence-corrected chi connectivity index (χ2v) is 8.15. The molecular weight excluding hydrogens is 352 g/mol. The highest BCUT2D eigenvalue weighted by Gasteiger charge is 2.28. The highest BCUT2D eigenvalue weighted by atomic mass is 32.1. The summed E-state index contributed by atoms with van der Waals surface area (Å²) in [7, 11) is 0. The van der Waals surface area contributed by atoms with Gasteiger partial charge in [-0.05, 0) is 25.8 Å². The number of aromatic nitrogens is 5. The smallest absolute Gasteiger partial charge is 0.275 e. The van der Waals surface area contributed by atoms with Gasteiger partial charge in [-0.15, -0.1) is 0 Å². The third kappa shape index (κ3) is 2.85. The lowest BCUT2D eigenvalue weighted by Crippen LogP contribution is -2.34. The third-order valence-electron chi connectivity index (χ3n) is 4.95. The molecule has 9 heteroatoms. The number of aliphatic hydroxyl groups excluding tert-OH is 1. The van der Waals surface area contributed by atoms with Crippen molar-refractivity contribution in [2.24, 2.45) is 0 Å². The molecule has 0 amide bonds. The highest BCUT2D eigenvalue weighted by Crippen LogP contribution is 2.41. The lowest BCUT2D eigenvalue weighted by Gasteiger charge is -2.27. The van der Waals surface area contributed by atoms with E-state index in [2.05, 4.69) is 20.1 Å². The van der Waals surface area contributed by atoms with Crippen molar-refractivity contribution in [1.29, 1.82) is 0 Å². The summed E-state index contributed by atoms with van der Waals surface area (Å²) in [5.74, 6) is 0.523. The van der Waals surface area contributed by atoms with Crippen molar-refractivity contribution in [3.05, 3.63) is 44.6 Å². The SMILES string of the molecule is C[C@@H](O)c1cc2n(n1)CCN(Cc1cc(=O)n3nc(C4CC4)sc3n1)C2. The van der Waals surface area contributed by atoms with Crippen molar-refractivity contribution in [2.75, 3.05) is 6.54 Å². The molecule has 3 aromatic heterocycles. The second kappa shape index (κ2) is 5.97. The zero-order valence-corrected chi connectivity index (χ0v) is 15.3. The standard InChI is InChI=1S/C17H20N6O2S/c1-10(24)14-7-13-9-21(4-5-22(13)19-14)8-12-6-15(25)23-17(18-12)26-16(20-23)11-2-3-11/h6-7,10-11,24H,2-5,8-9H2,1H3/t10-/m1/s1. The van der Waals surface area contributed by atoms with Gasteiger partial charge in [0.05, 0.1) is 29.7 Å². The van der Waals surface area contributed by atoms with Crippen LogP contribution in [0, 0.1) is 0 Å². The summed E-state index contributed by atoms with van der Waals surface area (Å²) in [6.45, 7) is 4.69. The summed E-state index contributed by atoms with van der Waals surface area (Å²) < 4.78 is 3.39. The first-order chi connectivity index (χ1) is 12.6. The second-order valence-electron chi connectivity index (χ2n) is 7.16. The highest BCUT2D eigenvalue weighted by molar-refractivity contribution is 7.16. The Balaban J connectivity index is 1.38. The number of rotatable bonds is 4. The van der Waals surface area contributed by atoms with Gasteiger partial charge >= 0.3 is 0 Å². The summed E-state index contributed by atoms with van der Waals surface area (Å²) in [4.78, 5) is 20.0. The molecule has 0 saturated heterocycles. The summed E-state index contributed by atoms with van der Waals surface area (Å²) >= 11 is 1.53. The van der Waals surface area contributed by atoms with E-state index in [1.54, 1.807) is 13.0 Å². The van der Waals surface area contributed by atoms with Gasteiger partial charge in [0, 0.05) is 31.6 Å². The summed E-state index contributed by atoms with van der Waals surface area (Å²) in [5, 5.41) is 19.6. The van der Waals surface area contributed by atoms with Gasteiger partial charge in [-0.3, -0.25) is 14.4 Å². The third-order valence-corrected chi connectivity index (χ3v) is 6.02. The molecule has 0 aromatic carbocycles. The van der Waals surface area contributed by atoms with Crippen LogP contribution < -0.4 is 5.56 Å². The van der Waals surface area contributed by atoms with Crippen molar-refractivity contribution in [1.82, 2.24) is 29.3 Å². The van der Waals surface area contributed by atoms with Crippen LogP contribution in [0.4, 0.5) is 0 Å². The van der Waals surface area contributed by atoms with Crippen molar-refractivity contribution in [3.8, 4) is 0 Å². The molecule has 3 aromatic rings. The topological polar surface area (TPSA) is 88.5 Å². The summed E-state index contributed by atoms with van der Waals surface area (Å²) in [5.41, 5.74) is 2.46. The summed E-state index contributed by atoms with van der Waals surface area (Å²) in [6.07, 6.45) is 1.77. The summed E-state index contributed by atoms with van der Waals surface area (Å²) in [6, 6.07) is 3.55. The predicted octanol–water partition coefficient (Wildman–Crippen LogP) is 1.29. The molecular formula is C17H20N6O2S. The van der Waals surface area contributed by atoms with E-state index in [0.29, 0.717) is 23.1 Å². The largest absolute Gasteiger partial charge is 0.387 e. The fourth-order valence-electron chi connectivity index (χ4n) is 3.36. The molecule has 0 spiro atoms. The van der Waals surface area contributed by atoms with Gasteiger partial charge in [0.15, 0.2) is 0 Å². The Kier molecular flexibility index (Phi) is 3.70. The fraction of sp³-hybridized carbons (Fsp3) is 0.529. The molecule has 26 heavy (non-hydrogen) atoms. The van der Waals surface area contributed by atoms with Crippen LogP contribution in [-0.4, -0.2) is 40.9 Å². The van der Waals surface area contributed by atoms with E-state index in [4.69, 9.17) is 0 Å². The minimum atomic E-state index is -0.558. The molecule has 1 aliphatic carbocycles. The van der Waals surface area contributed by atoms with E-state index in [1.807, 2.05) is 10.7 Å². The number of hydrogen-bond acceptors (Lipinski definition) is 7. The van der Waals surface area contributed by atoms with E-state index >= 15 is 0 Å². The van der Waals surface area contributed by atoms with Crippen LogP contribution in [0.1, 0.15) is 53.9 Å². The molecule has 1 aliphatic heterocycles. The molecule has 0 radical (unpaired) electrons. The van der Waals surface area contributed by atoms with Gasteiger partial charge in [-0.1, -0.05) is 11.3 Å². The van der Waals surface area contributed by atoms with Gasteiger partial charge in [-0.25, -0.2) is 4.98 Å². The van der Waals surface area contributed by atoms with Crippen LogP contribution >= 0.6 is 11.3 Å². The van der Waals surface area contributed by atoms with Crippen molar-refractivity contribution >= 4 is 16.3 Å². The van der Waals surface area contributed by atoms with Crippen LogP contribution in [0.25, 0.3) is 4.96 Å². The average molecular weight is 372 g/mol. The molecule has 136 valence electrons. The Labute approximate surface area is 153 Å². The molecule has 2 aliphatic rings. The Bertz CT molecular complexity index is 1030. The number of nitrogens with zero attached hydrogens (tertiary/aromatic N) is 6. The van der Waals surface area contributed by atoms with Gasteiger partial charge in [0.2, 0.25) is 4.96 Å². The normalized spacial score (nSPS) is 19.0. The van der Waals surface area contributed by atoms with Gasteiger partial charge in [0.25, 0.3) is 5.56 Å². The number of fused-ring (bicyclic) bond motifs is 2. The van der Waals surface area contributed by atoms with E-state index < -0.39 is 6.10 Å². The maximum absolute atomic E-state index is 12.4. The Morgan fingerprint density at radius 3 is 2.92 bits per heavy atom. The zero-order chi connectivity index (χ0) is 17.8. The first kappa shape index (κ1) is 16.1. The van der Waals surface area contributed by atoms with Gasteiger partial charge < -0.3 is 5.11 Å². The zero-order valence-electron chi connectivity index (χ0n) is 14.5. The van der Waals surface area contributed by atoms with E-state index in [0.717, 1.165) is 48.9 Å². The van der Waals surface area contributed by atoms with Crippen molar-refractivity contribution < 1.29 is 5.11 Å². The molecule has 4 heterocycles. The first-order valence-electron chi connectivity index (χ1n) is 8.93. The molecule has 1 N–H and O–H groups in total. The van der Waals surface area contributed by atoms with Crippen molar-refractivity contribution in [2.45, 2.75) is 51.4 Å². The first-order valence-corrected chi connectivity index (χ1v) is 9.75. The maximum Gasteiger partial charge on any atom is 0.275 e. The molecule has 8 nitrogen and oxygen atoms in total. The van der Waals surface area contributed by atoms with E-state index in [1.165, 1.54) is 15.9 Å². The van der Waals surface area contributed by atoms with Crippen LogP contribution in [0.2, 0.25) is 0 Å². The average Bonchev–Trinajstić information content (AvgIpc) is 3.21. The minimum absolute atomic E-state index is 0.105. The lowest BCUT2D eigenvalue weighted by atomic mass is 10.2. The molecule has 0 bridgehead atoms. The molecule has 1 fully saturated rings. The minimum Gasteiger partial charge on any atom is -0.387 e. The molecule has 0 unspecified atom stereocenters. The monoisotopic (exact) mass is 372 g/mol. The molecule has 1 saturated carbocycles. The van der Waals surface area contributed by atoms with Crippen LogP contribution in [0.5, 0.6) is 0 Å². The van der Waals surface area contributed by atoms with Gasteiger partial charge in [-0.2, -0.15) is 14.7 Å². The number of hydrogen-bond donors (Lipinski definition) is 1. The predicted molar refractivity (Wildman–Crippen MR) is 96.1 cm³/mol. The van der Waals surface area contributed by atoms with Crippen molar-refractivity contribution in [3.63, 3.8) is 0 Å². The quantitative estimate of drug-likeness (QED) is 0.743. The molecule has 1 atom stereocenters.